The van der Waals surface area contributed by atoms with Crippen molar-refractivity contribution < 1.29 is 19.1 Å². The number of carbonyl (C=O) groups excluding carboxylic acids is 3. The van der Waals surface area contributed by atoms with E-state index in [1.807, 2.05) is 48.1 Å². The van der Waals surface area contributed by atoms with Gasteiger partial charge in [-0.25, -0.2) is 4.98 Å². The Morgan fingerprint density at radius 3 is 2.54 bits per heavy atom. The Bertz CT molecular complexity index is 2800. The van der Waals surface area contributed by atoms with Gasteiger partial charge >= 0.3 is 0 Å². The summed E-state index contributed by atoms with van der Waals surface area (Å²) >= 11 is 0. The van der Waals surface area contributed by atoms with Crippen molar-refractivity contribution in [3.05, 3.63) is 76.3 Å². The molecule has 3 fully saturated rings. The number of benzene rings is 2. The number of fused-ring (bicyclic) bond motifs is 3. The summed E-state index contributed by atoms with van der Waals surface area (Å²) in [7, 11) is 5.10. The SMILES string of the molecule is CNC(=O)COc1cc2cc(Nc3cc(N4CCN(CC5CCN(c6cccc7c(C8CCC(=O)NC8=O)nn(C)c67)CC5)CC4)nc4c(C#N)cnn34)ccc2n(C)c1=O. The third kappa shape index (κ3) is 7.56. The van der Waals surface area contributed by atoms with Crippen molar-refractivity contribution in [2.45, 2.75) is 31.6 Å². The number of rotatable bonds is 10. The van der Waals surface area contributed by atoms with Gasteiger partial charge in [-0.15, -0.1) is 0 Å². The summed E-state index contributed by atoms with van der Waals surface area (Å²) < 4.78 is 10.5. The van der Waals surface area contributed by atoms with E-state index >= 15 is 0 Å². The lowest BCUT2D eigenvalue weighted by atomic mass is 9.92. The average Bonchev–Trinajstić information content (AvgIpc) is 3.85. The first-order valence-corrected chi connectivity index (χ1v) is 20.6. The molecule has 18 heteroatoms. The van der Waals surface area contributed by atoms with E-state index in [-0.39, 0.29) is 35.6 Å². The van der Waals surface area contributed by atoms with Crippen molar-refractivity contribution in [3.8, 4) is 11.8 Å². The van der Waals surface area contributed by atoms with Gasteiger partial charge in [0.25, 0.3) is 11.5 Å². The molecule has 6 aromatic rings. The van der Waals surface area contributed by atoms with Crippen molar-refractivity contribution >= 4 is 68.2 Å². The molecule has 61 heavy (non-hydrogen) atoms. The molecule has 3 aliphatic heterocycles. The highest BCUT2D eigenvalue weighted by Gasteiger charge is 2.33. The first-order valence-electron chi connectivity index (χ1n) is 20.6. The number of para-hydroxylation sites is 1. The number of imide groups is 1. The Hall–Kier alpha value is -7.00. The molecule has 3 aliphatic rings. The highest BCUT2D eigenvalue weighted by atomic mass is 16.5. The summed E-state index contributed by atoms with van der Waals surface area (Å²) in [5, 5.41) is 29.3. The summed E-state index contributed by atoms with van der Waals surface area (Å²) in [6.45, 7) is 5.91. The standard InChI is InChI=1S/C43H47N13O5/c1-45-38(58)25-61-34-20-27-19-29(7-9-32(27)51(2)43(34)60)47-36-21-35(48-41-28(22-44)23-46-56(36)41)55-17-15-53(16-18-55)24-26-11-13-54(14-12-26)33-6-4-5-30-39(50-52(3)40(30)33)31-8-10-37(57)49-42(31)59/h4-7,9,19-21,23,26,31,47H,8,10-18,24-25H2,1-3H3,(H,45,58)(H,49,57,59). The van der Waals surface area contributed by atoms with Gasteiger partial charge < -0.3 is 29.7 Å². The number of piperidine rings is 2. The Morgan fingerprint density at radius 2 is 1.79 bits per heavy atom. The van der Waals surface area contributed by atoms with Crippen LogP contribution in [0.1, 0.15) is 42.9 Å². The van der Waals surface area contributed by atoms with Crippen molar-refractivity contribution in [1.82, 2.24) is 44.5 Å². The van der Waals surface area contributed by atoms with Crippen LogP contribution in [0.5, 0.6) is 5.75 Å². The second-order valence-electron chi connectivity index (χ2n) is 16.0. The molecule has 0 radical (unpaired) electrons. The minimum absolute atomic E-state index is 0.0711. The van der Waals surface area contributed by atoms with Gasteiger partial charge in [0, 0.05) is 95.9 Å². The van der Waals surface area contributed by atoms with Crippen LogP contribution in [0, 0.1) is 17.2 Å². The van der Waals surface area contributed by atoms with Crippen LogP contribution in [0.3, 0.4) is 0 Å². The fourth-order valence-corrected chi connectivity index (χ4v) is 8.97. The third-order valence-electron chi connectivity index (χ3n) is 12.3. The van der Waals surface area contributed by atoms with E-state index in [0.29, 0.717) is 41.3 Å². The molecule has 0 bridgehead atoms. The molecule has 3 N–H and O–H groups in total. The number of likely N-dealkylation sites (N-methyl/N-ethyl adjacent to an activating group) is 1. The molecule has 314 valence electrons. The lowest BCUT2D eigenvalue weighted by molar-refractivity contribution is -0.134. The van der Waals surface area contributed by atoms with Gasteiger partial charge in [0.05, 0.1) is 34.5 Å². The molecule has 7 heterocycles. The summed E-state index contributed by atoms with van der Waals surface area (Å²) in [5.41, 5.74) is 4.78. The van der Waals surface area contributed by atoms with Crippen molar-refractivity contribution in [3.63, 3.8) is 0 Å². The van der Waals surface area contributed by atoms with Gasteiger partial charge in [0.1, 0.15) is 23.3 Å². The fraction of sp³-hybridized carbons (Fsp3) is 0.395. The van der Waals surface area contributed by atoms with Crippen LogP contribution in [-0.2, 0) is 28.5 Å². The summed E-state index contributed by atoms with van der Waals surface area (Å²) in [5.74, 6) is 0.734. The first kappa shape index (κ1) is 39.5. The monoisotopic (exact) mass is 825 g/mol. The zero-order chi connectivity index (χ0) is 42.4. The maximum absolute atomic E-state index is 12.9. The lowest BCUT2D eigenvalue weighted by Gasteiger charge is -2.40. The van der Waals surface area contributed by atoms with Crippen molar-refractivity contribution in [2.75, 3.05) is 74.6 Å². The summed E-state index contributed by atoms with van der Waals surface area (Å²) in [6, 6.07) is 17.6. The molecular weight excluding hydrogens is 779 g/mol. The second kappa shape index (κ2) is 16.2. The number of aryl methyl sites for hydroxylation is 2. The number of nitrogens with one attached hydrogen (secondary N) is 3. The number of hydrogen-bond donors (Lipinski definition) is 3. The zero-order valence-electron chi connectivity index (χ0n) is 34.3. The average molecular weight is 826 g/mol. The Morgan fingerprint density at radius 1 is 0.984 bits per heavy atom. The largest absolute Gasteiger partial charge is 0.478 e. The van der Waals surface area contributed by atoms with E-state index in [4.69, 9.17) is 14.8 Å². The summed E-state index contributed by atoms with van der Waals surface area (Å²) in [4.78, 5) is 61.4. The molecule has 3 saturated heterocycles. The minimum atomic E-state index is -0.434. The van der Waals surface area contributed by atoms with E-state index in [2.05, 4.69) is 47.9 Å². The van der Waals surface area contributed by atoms with Gasteiger partial charge in [-0.3, -0.25) is 34.1 Å². The maximum atomic E-state index is 12.9. The third-order valence-corrected chi connectivity index (χ3v) is 12.3. The molecule has 2 aromatic carbocycles. The molecule has 0 spiro atoms. The Balaban J connectivity index is 0.856. The Kier molecular flexibility index (Phi) is 10.5. The van der Waals surface area contributed by atoms with Crippen molar-refractivity contribution in [1.29, 1.82) is 5.26 Å². The van der Waals surface area contributed by atoms with E-state index < -0.39 is 5.92 Å². The normalized spacial score (nSPS) is 17.8. The van der Waals surface area contributed by atoms with E-state index in [0.717, 1.165) is 97.8 Å². The Labute approximate surface area is 350 Å². The molecule has 0 saturated carbocycles. The lowest BCUT2D eigenvalue weighted by Crippen LogP contribution is -2.49. The van der Waals surface area contributed by atoms with E-state index in [1.54, 1.807) is 17.6 Å². The molecule has 18 nitrogen and oxygen atoms in total. The molecular formula is C43H47N13O5. The fourth-order valence-electron chi connectivity index (χ4n) is 8.97. The molecule has 0 aliphatic carbocycles. The first-order chi connectivity index (χ1) is 29.6. The molecule has 4 aromatic heterocycles. The highest BCUT2D eigenvalue weighted by molar-refractivity contribution is 6.03. The van der Waals surface area contributed by atoms with Crippen LogP contribution < -0.4 is 36.0 Å². The van der Waals surface area contributed by atoms with Gasteiger partial charge in [0.15, 0.2) is 18.0 Å². The predicted molar refractivity (Wildman–Crippen MR) is 229 cm³/mol. The van der Waals surface area contributed by atoms with Gasteiger partial charge in [-0.1, -0.05) is 12.1 Å². The van der Waals surface area contributed by atoms with Crippen LogP contribution >= 0.6 is 0 Å². The number of pyridine rings is 1. The number of anilines is 4. The van der Waals surface area contributed by atoms with Gasteiger partial charge in [-0.2, -0.15) is 20.0 Å². The number of aromatic nitrogens is 6. The highest BCUT2D eigenvalue weighted by Crippen LogP contribution is 2.36. The number of piperazine rings is 1. The van der Waals surface area contributed by atoms with Crippen LogP contribution in [0.4, 0.5) is 23.0 Å². The molecule has 3 amide bonds. The van der Waals surface area contributed by atoms with Crippen LogP contribution in [-0.4, -0.2) is 111 Å². The number of carbonyl (C=O) groups is 3. The number of hydrogen-bond acceptors (Lipinski definition) is 13. The van der Waals surface area contributed by atoms with Gasteiger partial charge in [-0.05, 0) is 55.5 Å². The predicted octanol–water partition coefficient (Wildman–Crippen LogP) is 2.77. The number of ether oxygens (including phenoxy) is 1. The van der Waals surface area contributed by atoms with E-state index in [1.165, 1.54) is 17.8 Å². The number of nitrogens with zero attached hydrogens (tertiary/aromatic N) is 10. The number of nitriles is 1. The zero-order valence-corrected chi connectivity index (χ0v) is 34.3. The molecule has 9 rings (SSSR count). The topological polar surface area (TPSA) is 200 Å². The second-order valence-corrected chi connectivity index (χ2v) is 16.0. The maximum Gasteiger partial charge on any atom is 0.293 e. The number of amides is 3. The molecule has 1 unspecified atom stereocenters. The van der Waals surface area contributed by atoms with Crippen LogP contribution in [0.25, 0.3) is 27.5 Å². The molecule has 1 atom stereocenters. The van der Waals surface area contributed by atoms with E-state index in [9.17, 15) is 24.4 Å². The van der Waals surface area contributed by atoms with Crippen molar-refractivity contribution in [2.24, 2.45) is 20.0 Å². The summed E-state index contributed by atoms with van der Waals surface area (Å²) in [6.07, 6.45) is 4.43. The van der Waals surface area contributed by atoms with Gasteiger partial charge in [0.2, 0.25) is 11.8 Å². The smallest absolute Gasteiger partial charge is 0.293 e. The van der Waals surface area contributed by atoms with Crippen LogP contribution in [0.2, 0.25) is 0 Å². The minimum Gasteiger partial charge on any atom is -0.478 e. The van der Waals surface area contributed by atoms with Crippen LogP contribution in [0.15, 0.2) is 59.5 Å². The quantitative estimate of drug-likeness (QED) is 0.171.